The topological polar surface area (TPSA) is 61.2 Å². The molecule has 0 unspecified atom stereocenters. The Morgan fingerprint density at radius 3 is 2.55 bits per heavy atom. The van der Waals surface area contributed by atoms with Gasteiger partial charge in [-0.1, -0.05) is 85.6 Å². The molecule has 1 aliphatic heterocycles. The predicted octanol–water partition coefficient (Wildman–Crippen LogP) is 6.77. The van der Waals surface area contributed by atoms with Crippen LogP contribution in [0.3, 0.4) is 0 Å². The van der Waals surface area contributed by atoms with Crippen molar-refractivity contribution in [3.05, 3.63) is 81.6 Å². The Hall–Kier alpha value is -2.70. The highest BCUT2D eigenvalue weighted by Gasteiger charge is 2.44. The summed E-state index contributed by atoms with van der Waals surface area (Å²) in [4.78, 5) is 33.1. The average molecular weight is 529 g/mol. The van der Waals surface area contributed by atoms with Gasteiger partial charge in [-0.25, -0.2) is 4.98 Å². The molecule has 2 aromatic carbocycles. The van der Waals surface area contributed by atoms with Crippen molar-refractivity contribution >= 4 is 17.5 Å². The first-order chi connectivity index (χ1) is 18.4. The fraction of sp³-hybridized carbons (Fsp3) is 0.469. The second-order valence-electron chi connectivity index (χ2n) is 11.8. The summed E-state index contributed by atoms with van der Waals surface area (Å²) in [5, 5.41) is 0.656. The smallest absolute Gasteiger partial charge is 0.258 e. The molecule has 1 atom stereocenters. The molecular weight excluding hydrogens is 492 g/mol. The molecule has 0 N–H and O–H groups in total. The molecule has 0 bridgehead atoms. The van der Waals surface area contributed by atoms with Gasteiger partial charge in [0, 0.05) is 29.2 Å². The van der Waals surface area contributed by atoms with Crippen LogP contribution in [0.2, 0.25) is 0 Å². The summed E-state index contributed by atoms with van der Waals surface area (Å²) in [5.41, 5.74) is 4.44. The van der Waals surface area contributed by atoms with Crippen LogP contribution in [0.5, 0.6) is 0 Å². The number of ketones is 1. The number of hydrogen-bond donors (Lipinski definition) is 0. The van der Waals surface area contributed by atoms with Gasteiger partial charge < -0.3 is 4.74 Å². The van der Waals surface area contributed by atoms with Crippen LogP contribution in [0.15, 0.2) is 64.5 Å². The minimum atomic E-state index is -0.310. The summed E-state index contributed by atoms with van der Waals surface area (Å²) < 4.78 is 7.98. The van der Waals surface area contributed by atoms with E-state index in [-0.39, 0.29) is 34.2 Å². The summed E-state index contributed by atoms with van der Waals surface area (Å²) >= 11 is 1.40. The van der Waals surface area contributed by atoms with Gasteiger partial charge in [-0.05, 0) is 51.5 Å². The number of benzene rings is 2. The number of fused-ring (bicyclic) bond motifs is 4. The monoisotopic (exact) mass is 528 g/mol. The van der Waals surface area contributed by atoms with Crippen molar-refractivity contribution in [2.75, 3.05) is 12.4 Å². The molecule has 3 aliphatic rings. The lowest BCUT2D eigenvalue weighted by Gasteiger charge is -2.43. The van der Waals surface area contributed by atoms with E-state index in [1.54, 1.807) is 0 Å². The van der Waals surface area contributed by atoms with E-state index < -0.39 is 0 Å². The first-order valence-electron chi connectivity index (χ1n) is 14.0. The van der Waals surface area contributed by atoms with Crippen LogP contribution in [0.1, 0.15) is 86.3 Å². The fourth-order valence-corrected chi connectivity index (χ4v) is 7.84. The molecule has 2 fully saturated rings. The first kappa shape index (κ1) is 25.6. The van der Waals surface area contributed by atoms with E-state index in [9.17, 15) is 9.59 Å². The number of aromatic nitrogens is 2. The molecule has 2 aliphatic carbocycles. The van der Waals surface area contributed by atoms with Gasteiger partial charge in [-0.2, -0.15) is 0 Å². The minimum Gasteiger partial charge on any atom is -0.375 e. The van der Waals surface area contributed by atoms with E-state index in [0.29, 0.717) is 17.3 Å². The maximum Gasteiger partial charge on any atom is 0.258 e. The molecule has 198 valence electrons. The molecule has 38 heavy (non-hydrogen) atoms. The second-order valence-corrected chi connectivity index (χ2v) is 12.7. The number of carbonyl (C=O) groups excluding carboxylic acids is 1. The molecule has 0 radical (unpaired) electrons. The Labute approximate surface area is 229 Å². The second kappa shape index (κ2) is 10.1. The number of carbonyl (C=O) groups is 1. The van der Waals surface area contributed by atoms with Crippen molar-refractivity contribution in [1.29, 1.82) is 0 Å². The molecule has 0 amide bonds. The van der Waals surface area contributed by atoms with Crippen LogP contribution in [-0.2, 0) is 16.6 Å². The van der Waals surface area contributed by atoms with E-state index in [1.807, 2.05) is 41.0 Å². The molecule has 6 heteroatoms. The van der Waals surface area contributed by atoms with Gasteiger partial charge in [-0.3, -0.25) is 14.2 Å². The highest BCUT2D eigenvalue weighted by molar-refractivity contribution is 7.99. The Morgan fingerprint density at radius 1 is 1.05 bits per heavy atom. The molecule has 6 rings (SSSR count). The van der Waals surface area contributed by atoms with Gasteiger partial charge in [0.15, 0.2) is 10.9 Å². The van der Waals surface area contributed by atoms with E-state index >= 15 is 0 Å². The van der Waals surface area contributed by atoms with Gasteiger partial charge in [0.1, 0.15) is 0 Å². The van der Waals surface area contributed by atoms with Gasteiger partial charge in [0.05, 0.1) is 22.6 Å². The van der Waals surface area contributed by atoms with Crippen LogP contribution in [-0.4, -0.2) is 33.3 Å². The maximum absolute atomic E-state index is 14.7. The van der Waals surface area contributed by atoms with Gasteiger partial charge in [-0.15, -0.1) is 0 Å². The summed E-state index contributed by atoms with van der Waals surface area (Å²) in [6.07, 6.45) is 8.01. The summed E-state index contributed by atoms with van der Waals surface area (Å²) in [6, 6.07) is 17.8. The normalized spacial score (nSPS) is 21.5. The Bertz CT molecular complexity index is 1410. The Balaban J connectivity index is 1.50. The van der Waals surface area contributed by atoms with Gasteiger partial charge in [0.25, 0.3) is 5.56 Å². The molecule has 2 heterocycles. The van der Waals surface area contributed by atoms with Crippen LogP contribution >= 0.6 is 11.8 Å². The molecule has 1 saturated carbocycles. The van der Waals surface area contributed by atoms with Crippen molar-refractivity contribution in [3.8, 4) is 11.3 Å². The number of rotatable bonds is 5. The average Bonchev–Trinajstić information content (AvgIpc) is 2.92. The lowest BCUT2D eigenvalue weighted by atomic mass is 9.62. The molecule has 5 nitrogen and oxygen atoms in total. The molecule has 1 spiro atoms. The molecular formula is C32H36N2O3S. The fourth-order valence-electron chi connectivity index (χ4n) is 6.88. The summed E-state index contributed by atoms with van der Waals surface area (Å²) in [6.45, 7) is 4.81. The first-order valence-corrected chi connectivity index (χ1v) is 15.0. The molecule has 1 saturated heterocycles. The van der Waals surface area contributed by atoms with Gasteiger partial charge in [0.2, 0.25) is 0 Å². The maximum atomic E-state index is 14.7. The molecule has 3 aromatic rings. The number of hydrogen-bond acceptors (Lipinski definition) is 5. The standard InChI is InChI=1S/C32H36N2O3S/c1-31(2)20-24(15-18-37-31)34-29(36)27-28(33-30(34)38-21-26(35)22-11-5-3-6-12-22)25-14-8-7-13-23(25)19-32(27)16-9-4-10-17-32/h3,5-8,11-14,24H,4,9-10,15-21H2,1-2H3/t24-/m0/s1. The number of Topliss-reactive ketones (excluding diaryl/α,β-unsaturated/α-hetero) is 1. The number of thioether (sulfide) groups is 1. The predicted molar refractivity (Wildman–Crippen MR) is 152 cm³/mol. The van der Waals surface area contributed by atoms with Crippen LogP contribution in [0.25, 0.3) is 11.3 Å². The molecule has 1 aromatic heterocycles. The summed E-state index contributed by atoms with van der Waals surface area (Å²) in [7, 11) is 0. The summed E-state index contributed by atoms with van der Waals surface area (Å²) in [5.74, 6) is 0.292. The van der Waals surface area contributed by atoms with E-state index in [2.05, 4.69) is 32.0 Å². The van der Waals surface area contributed by atoms with Crippen LogP contribution in [0, 0.1) is 0 Å². The third-order valence-corrected chi connectivity index (χ3v) is 9.64. The lowest BCUT2D eigenvalue weighted by molar-refractivity contribution is -0.0710. The SMILES string of the molecule is CC1(C)C[C@@H](n2c(SCC(=O)c3ccccc3)nc3c(c2=O)C2(CCCCC2)Cc2ccccc2-3)CCO1. The van der Waals surface area contributed by atoms with Crippen molar-refractivity contribution in [1.82, 2.24) is 9.55 Å². The highest BCUT2D eigenvalue weighted by Crippen LogP contribution is 2.49. The van der Waals surface area contributed by atoms with Crippen molar-refractivity contribution in [3.63, 3.8) is 0 Å². The lowest BCUT2D eigenvalue weighted by Crippen LogP contribution is -2.45. The van der Waals surface area contributed by atoms with Crippen molar-refractivity contribution in [2.24, 2.45) is 0 Å². The number of nitrogens with zero attached hydrogens (tertiary/aromatic N) is 2. The third kappa shape index (κ3) is 4.66. The zero-order valence-corrected chi connectivity index (χ0v) is 23.2. The van der Waals surface area contributed by atoms with E-state index in [4.69, 9.17) is 9.72 Å². The zero-order chi connectivity index (χ0) is 26.3. The van der Waals surface area contributed by atoms with Gasteiger partial charge >= 0.3 is 0 Å². The van der Waals surface area contributed by atoms with Crippen LogP contribution in [0.4, 0.5) is 0 Å². The van der Waals surface area contributed by atoms with Crippen molar-refractivity contribution in [2.45, 2.75) is 87.4 Å². The largest absolute Gasteiger partial charge is 0.375 e. The Morgan fingerprint density at radius 2 is 1.79 bits per heavy atom. The third-order valence-electron chi connectivity index (χ3n) is 8.69. The quantitative estimate of drug-likeness (QED) is 0.208. The van der Waals surface area contributed by atoms with E-state index in [1.165, 1.54) is 23.7 Å². The number of ether oxygens (including phenoxy) is 1. The van der Waals surface area contributed by atoms with Crippen LogP contribution < -0.4 is 5.56 Å². The zero-order valence-electron chi connectivity index (χ0n) is 22.4. The van der Waals surface area contributed by atoms with E-state index in [0.717, 1.165) is 61.8 Å². The van der Waals surface area contributed by atoms with Crippen molar-refractivity contribution < 1.29 is 9.53 Å². The highest BCUT2D eigenvalue weighted by atomic mass is 32.2. The minimum absolute atomic E-state index is 0.00353. The Kier molecular flexibility index (Phi) is 6.81.